The van der Waals surface area contributed by atoms with Crippen LogP contribution in [0.4, 0.5) is 0 Å². The van der Waals surface area contributed by atoms with Gasteiger partial charge in [-0.3, -0.25) is 9.48 Å². The number of carbonyl (C=O) groups is 1. The number of nitrogens with zero attached hydrogens (tertiary/aromatic N) is 2. The lowest BCUT2D eigenvalue weighted by molar-refractivity contribution is 0.104. The molecule has 5 nitrogen and oxygen atoms in total. The van der Waals surface area contributed by atoms with Crippen molar-refractivity contribution < 1.29 is 13.9 Å². The van der Waals surface area contributed by atoms with Crippen LogP contribution in [0.1, 0.15) is 45.6 Å². The normalized spacial score (nSPS) is 11.3. The zero-order valence-electron chi connectivity index (χ0n) is 16.2. The number of hydrogen-bond donors (Lipinski definition) is 0. The van der Waals surface area contributed by atoms with Gasteiger partial charge in [0.15, 0.2) is 5.78 Å². The molecule has 0 aliphatic rings. The number of furan rings is 1. The minimum atomic E-state index is -0.0864. The molecule has 0 fully saturated rings. The highest BCUT2D eigenvalue weighted by Crippen LogP contribution is 2.19. The van der Waals surface area contributed by atoms with E-state index in [1.807, 2.05) is 52.0 Å². The highest BCUT2D eigenvalue weighted by Gasteiger charge is 2.11. The first-order chi connectivity index (χ1) is 13.0. The van der Waals surface area contributed by atoms with Crippen LogP contribution in [0.25, 0.3) is 6.08 Å². The molecule has 1 aromatic carbocycles. The quantitative estimate of drug-likeness (QED) is 0.442. The summed E-state index contributed by atoms with van der Waals surface area (Å²) in [5, 5.41) is 4.20. The second-order valence-electron chi connectivity index (χ2n) is 6.57. The van der Waals surface area contributed by atoms with Gasteiger partial charge < -0.3 is 9.15 Å². The molecule has 0 N–H and O–H groups in total. The maximum absolute atomic E-state index is 12.3. The number of aromatic nitrogens is 2. The van der Waals surface area contributed by atoms with Crippen molar-refractivity contribution in [2.24, 2.45) is 0 Å². The molecule has 0 spiro atoms. The Kier molecular flexibility index (Phi) is 5.60. The molecule has 3 aromatic rings. The Morgan fingerprint density at radius 2 is 1.93 bits per heavy atom. The maximum Gasteiger partial charge on any atom is 0.189 e. The zero-order valence-corrected chi connectivity index (χ0v) is 16.2. The molecular weight excluding hydrogens is 340 g/mol. The molecule has 27 heavy (non-hydrogen) atoms. The van der Waals surface area contributed by atoms with Gasteiger partial charge in [0, 0.05) is 12.2 Å². The summed E-state index contributed by atoms with van der Waals surface area (Å²) < 4.78 is 13.3. The molecule has 0 atom stereocenters. The fourth-order valence-corrected chi connectivity index (χ4v) is 2.99. The molecule has 2 heterocycles. The Morgan fingerprint density at radius 3 is 2.59 bits per heavy atom. The Hall–Kier alpha value is -3.08. The van der Waals surface area contributed by atoms with E-state index in [1.54, 1.807) is 17.0 Å². The van der Waals surface area contributed by atoms with Gasteiger partial charge in [0.05, 0.1) is 11.8 Å². The third kappa shape index (κ3) is 4.56. The number of ether oxygens (including phenoxy) is 1. The van der Waals surface area contributed by atoms with E-state index in [2.05, 4.69) is 11.2 Å². The topological polar surface area (TPSA) is 57.3 Å². The first-order valence-corrected chi connectivity index (χ1v) is 9.01. The Morgan fingerprint density at radius 1 is 1.19 bits per heavy atom. The molecule has 0 bridgehead atoms. The molecule has 0 aliphatic carbocycles. The lowest BCUT2D eigenvalue weighted by atomic mass is 10.1. The summed E-state index contributed by atoms with van der Waals surface area (Å²) >= 11 is 0. The van der Waals surface area contributed by atoms with Gasteiger partial charge in [0.1, 0.15) is 23.9 Å². The number of allylic oxidation sites excluding steroid dienone is 1. The number of carbonyl (C=O) groups excluding carboxylic acids is 1. The van der Waals surface area contributed by atoms with Crippen molar-refractivity contribution in [1.29, 1.82) is 0 Å². The van der Waals surface area contributed by atoms with E-state index in [0.29, 0.717) is 23.7 Å². The van der Waals surface area contributed by atoms with Crippen LogP contribution < -0.4 is 4.74 Å². The first kappa shape index (κ1) is 18.7. The first-order valence-electron chi connectivity index (χ1n) is 9.01. The van der Waals surface area contributed by atoms with Crippen LogP contribution in [0.15, 0.2) is 47.0 Å². The predicted molar refractivity (Wildman–Crippen MR) is 105 cm³/mol. The molecule has 0 radical (unpaired) electrons. The fourth-order valence-electron chi connectivity index (χ4n) is 2.99. The van der Waals surface area contributed by atoms with Gasteiger partial charge in [-0.1, -0.05) is 6.07 Å². The van der Waals surface area contributed by atoms with Gasteiger partial charge in [0.2, 0.25) is 0 Å². The zero-order chi connectivity index (χ0) is 19.4. The fraction of sp³-hybridized carbons (Fsp3) is 0.273. The number of aryl methyl sites for hydroxylation is 3. The van der Waals surface area contributed by atoms with Crippen molar-refractivity contribution in [2.45, 2.75) is 40.8 Å². The summed E-state index contributed by atoms with van der Waals surface area (Å²) in [6, 6.07) is 9.77. The predicted octanol–water partition coefficient (Wildman–Crippen LogP) is 4.90. The molecule has 3 rings (SSSR count). The SMILES string of the molecule is CCn1ncc(C(=O)/C=C/c2ccc(COc3cc(C)cc(C)c3)o2)c1C. The number of rotatable bonds is 7. The van der Waals surface area contributed by atoms with Crippen LogP contribution in [0.5, 0.6) is 5.75 Å². The van der Waals surface area contributed by atoms with Crippen LogP contribution in [0.2, 0.25) is 0 Å². The molecular formula is C22H24N2O3. The third-order valence-electron chi connectivity index (χ3n) is 4.33. The lowest BCUT2D eigenvalue weighted by Gasteiger charge is -2.06. The summed E-state index contributed by atoms with van der Waals surface area (Å²) in [7, 11) is 0. The molecule has 0 amide bonds. The minimum Gasteiger partial charge on any atom is -0.486 e. The Bertz CT molecular complexity index is 959. The molecule has 0 unspecified atom stereocenters. The van der Waals surface area contributed by atoms with Crippen LogP contribution in [-0.2, 0) is 13.2 Å². The summed E-state index contributed by atoms with van der Waals surface area (Å²) in [5.74, 6) is 2.05. The highest BCUT2D eigenvalue weighted by molar-refractivity contribution is 6.07. The second kappa shape index (κ2) is 8.08. The number of benzene rings is 1. The standard InChI is InChI=1S/C22H24N2O3/c1-5-24-17(4)21(13-23-24)22(25)9-8-18-6-7-19(27-18)14-26-20-11-15(2)10-16(3)12-20/h6-13H,5,14H2,1-4H3/b9-8+. The van der Waals surface area contributed by atoms with Crippen LogP contribution >= 0.6 is 0 Å². The van der Waals surface area contributed by atoms with Crippen LogP contribution in [-0.4, -0.2) is 15.6 Å². The van der Waals surface area contributed by atoms with Gasteiger partial charge in [-0.25, -0.2) is 0 Å². The number of ketones is 1. The van der Waals surface area contributed by atoms with Gasteiger partial charge in [-0.2, -0.15) is 5.10 Å². The Balaban J connectivity index is 1.62. The van der Waals surface area contributed by atoms with E-state index in [1.165, 1.54) is 6.08 Å². The van der Waals surface area contributed by atoms with E-state index in [0.717, 1.165) is 29.1 Å². The van der Waals surface area contributed by atoms with Crippen molar-refractivity contribution in [3.63, 3.8) is 0 Å². The lowest BCUT2D eigenvalue weighted by Crippen LogP contribution is -2.01. The van der Waals surface area contributed by atoms with Gasteiger partial charge in [0.25, 0.3) is 0 Å². The van der Waals surface area contributed by atoms with E-state index < -0.39 is 0 Å². The van der Waals surface area contributed by atoms with E-state index in [4.69, 9.17) is 9.15 Å². The monoisotopic (exact) mass is 364 g/mol. The molecule has 2 aromatic heterocycles. The largest absolute Gasteiger partial charge is 0.486 e. The summed E-state index contributed by atoms with van der Waals surface area (Å²) in [6.07, 6.45) is 4.79. The summed E-state index contributed by atoms with van der Waals surface area (Å²) in [4.78, 5) is 12.3. The average Bonchev–Trinajstić information content (AvgIpc) is 3.23. The molecule has 0 saturated carbocycles. The van der Waals surface area contributed by atoms with Crippen molar-refractivity contribution >= 4 is 11.9 Å². The third-order valence-corrected chi connectivity index (χ3v) is 4.33. The van der Waals surface area contributed by atoms with Crippen LogP contribution in [0.3, 0.4) is 0 Å². The minimum absolute atomic E-state index is 0.0864. The van der Waals surface area contributed by atoms with Gasteiger partial charge >= 0.3 is 0 Å². The van der Waals surface area contributed by atoms with Crippen molar-refractivity contribution in [3.05, 3.63) is 76.5 Å². The van der Waals surface area contributed by atoms with Crippen molar-refractivity contribution in [2.75, 3.05) is 0 Å². The van der Waals surface area contributed by atoms with Gasteiger partial charge in [-0.15, -0.1) is 0 Å². The smallest absolute Gasteiger partial charge is 0.189 e. The molecule has 140 valence electrons. The molecule has 0 aliphatic heterocycles. The average molecular weight is 364 g/mol. The molecule has 0 saturated heterocycles. The summed E-state index contributed by atoms with van der Waals surface area (Å²) in [6.45, 7) is 9.05. The maximum atomic E-state index is 12.3. The van der Waals surface area contributed by atoms with Crippen LogP contribution in [0, 0.1) is 20.8 Å². The van der Waals surface area contributed by atoms with Gasteiger partial charge in [-0.05, 0) is 75.2 Å². The Labute approximate surface area is 159 Å². The summed E-state index contributed by atoms with van der Waals surface area (Å²) in [5.41, 5.74) is 3.80. The highest BCUT2D eigenvalue weighted by atomic mass is 16.5. The van der Waals surface area contributed by atoms with Crippen molar-refractivity contribution in [3.8, 4) is 5.75 Å². The molecule has 5 heteroatoms. The number of hydrogen-bond acceptors (Lipinski definition) is 4. The van der Waals surface area contributed by atoms with E-state index in [9.17, 15) is 4.79 Å². The van der Waals surface area contributed by atoms with Crippen molar-refractivity contribution in [1.82, 2.24) is 9.78 Å². The van der Waals surface area contributed by atoms with E-state index in [-0.39, 0.29) is 5.78 Å². The van der Waals surface area contributed by atoms with E-state index >= 15 is 0 Å². The second-order valence-corrected chi connectivity index (χ2v) is 6.57.